The second-order valence-electron chi connectivity index (χ2n) is 38.8. The molecule has 0 aromatic carbocycles. The zero-order valence-corrected chi connectivity index (χ0v) is 71.2. The number of carbonyl (C=O) groups excluding carboxylic acids is 8. The molecule has 3 aliphatic heterocycles. The number of rotatable bonds is 23. The second-order valence-corrected chi connectivity index (χ2v) is 38.8. The number of carbonyl (C=O) groups is 8. The minimum atomic E-state index is -0.652. The quantitative estimate of drug-likeness (QED) is 0.0527. The minimum Gasteiger partial charge on any atom is -0.462 e. The number of hydrogen-bond donors (Lipinski definition) is 0. The van der Waals surface area contributed by atoms with Crippen molar-refractivity contribution in [3.05, 3.63) is 0 Å². The number of ether oxygens (including phenoxy) is 9. The molecule has 12 atom stereocenters. The molecule has 8 aliphatic carbocycles. The van der Waals surface area contributed by atoms with Crippen LogP contribution in [-0.2, 0) is 81.0 Å². The van der Waals surface area contributed by atoms with Crippen LogP contribution in [0.3, 0.4) is 0 Å². The lowest BCUT2D eigenvalue weighted by Gasteiger charge is -2.46. The Balaban J connectivity index is 0.000000201. The zero-order valence-electron chi connectivity index (χ0n) is 71.2. The number of esters is 8. The van der Waals surface area contributed by atoms with Gasteiger partial charge >= 0.3 is 47.8 Å². The van der Waals surface area contributed by atoms with Crippen LogP contribution in [0.25, 0.3) is 0 Å². The molecule has 0 aromatic heterocycles. The third-order valence-corrected chi connectivity index (χ3v) is 28.5. The molecule has 8 saturated carbocycles. The smallest absolute Gasteiger partial charge is 0.344 e. The van der Waals surface area contributed by atoms with Crippen molar-refractivity contribution in [3.8, 4) is 0 Å². The van der Waals surface area contributed by atoms with Gasteiger partial charge in [0, 0.05) is 5.92 Å². The van der Waals surface area contributed by atoms with Crippen LogP contribution in [0.15, 0.2) is 0 Å². The van der Waals surface area contributed by atoms with E-state index in [0.29, 0.717) is 24.7 Å². The predicted molar refractivity (Wildman–Crippen MR) is 415 cm³/mol. The summed E-state index contributed by atoms with van der Waals surface area (Å²) >= 11 is 0. The second kappa shape index (κ2) is 37.8. The number of hydrogen-bond acceptors (Lipinski definition) is 17. The molecule has 0 amide bonds. The Labute approximate surface area is 642 Å². The molecule has 11 rings (SSSR count). The van der Waals surface area contributed by atoms with E-state index in [9.17, 15) is 38.4 Å². The average molecular weight is 1490 g/mol. The van der Waals surface area contributed by atoms with Gasteiger partial charge in [0.1, 0.15) is 34.6 Å². The molecule has 0 N–H and O–H groups in total. The maximum atomic E-state index is 12.7. The van der Waals surface area contributed by atoms with Crippen molar-refractivity contribution >= 4 is 47.8 Å². The largest absolute Gasteiger partial charge is 0.462 e. The van der Waals surface area contributed by atoms with Gasteiger partial charge < -0.3 is 42.6 Å². The Kier molecular flexibility index (Phi) is 32.3. The molecular formula is C89H152O17. The van der Waals surface area contributed by atoms with Gasteiger partial charge in [0.25, 0.3) is 0 Å². The Morgan fingerprint density at radius 1 is 0.443 bits per heavy atom. The maximum absolute atomic E-state index is 12.7. The van der Waals surface area contributed by atoms with E-state index < -0.39 is 36.2 Å². The van der Waals surface area contributed by atoms with Crippen molar-refractivity contribution < 1.29 is 81.0 Å². The van der Waals surface area contributed by atoms with Crippen molar-refractivity contribution in [1.29, 1.82) is 0 Å². The van der Waals surface area contributed by atoms with Gasteiger partial charge in [-0.15, -0.1) is 0 Å². The molecule has 12 unspecified atom stereocenters. The van der Waals surface area contributed by atoms with Crippen molar-refractivity contribution in [1.82, 2.24) is 0 Å². The van der Waals surface area contributed by atoms with E-state index >= 15 is 0 Å². The van der Waals surface area contributed by atoms with Crippen LogP contribution in [0.5, 0.6) is 0 Å². The van der Waals surface area contributed by atoms with E-state index in [4.69, 9.17) is 42.6 Å². The van der Waals surface area contributed by atoms with Crippen LogP contribution < -0.4 is 0 Å². The van der Waals surface area contributed by atoms with Gasteiger partial charge in [-0.2, -0.15) is 0 Å². The SMILES string of the molecule is CCC(C)(C)C(=O)OC(C)(C)C1CCCCC1.CCC(C)(C)C(=O)OC1(C)CCCCC1.CCC(C)(C)C(=O)OC1(CC)CC2CC1C1C3CCC(C3)C21.CCC(C)(C)C(=O)OC1CCCCC1.CCC(C)(C)C(=O)OCC(=O)OC1C2CC3C(=O)OC1C3O2.CCC1(OC(=O)C(C)(C)CC)CCCCC1. The van der Waals surface area contributed by atoms with Crippen LogP contribution in [0.2, 0.25) is 0 Å². The summed E-state index contributed by atoms with van der Waals surface area (Å²) in [5.74, 6) is 4.22. The molecule has 17 nitrogen and oxygen atoms in total. The average Bonchev–Trinajstić information content (AvgIpc) is 1.54. The summed E-state index contributed by atoms with van der Waals surface area (Å²) in [4.78, 5) is 95.9. The summed E-state index contributed by atoms with van der Waals surface area (Å²) in [5, 5.41) is 0. The maximum Gasteiger partial charge on any atom is 0.344 e. The topological polar surface area (TPSA) is 220 Å². The fourth-order valence-corrected chi connectivity index (χ4v) is 17.9. The highest BCUT2D eigenvalue weighted by molar-refractivity contribution is 5.81. The Bertz CT molecular complexity index is 2870. The minimum absolute atomic E-state index is 0.0150. The lowest BCUT2D eigenvalue weighted by atomic mass is 9.65. The molecular weight excluding hydrogens is 1340 g/mol. The zero-order chi connectivity index (χ0) is 79.2. The van der Waals surface area contributed by atoms with Gasteiger partial charge in [-0.05, 0) is 319 Å². The van der Waals surface area contributed by atoms with E-state index in [0.717, 1.165) is 119 Å². The summed E-state index contributed by atoms with van der Waals surface area (Å²) in [6.07, 6.45) is 36.3. The molecule has 0 radical (unpaired) electrons. The first-order valence-corrected chi connectivity index (χ1v) is 42.8. The van der Waals surface area contributed by atoms with E-state index in [1.807, 2.05) is 104 Å². The molecule has 0 aromatic rings. The number of fused-ring (bicyclic) bond motifs is 10. The fourth-order valence-electron chi connectivity index (χ4n) is 17.9. The molecule has 0 spiro atoms. The normalized spacial score (nSPS) is 29.2. The fraction of sp³-hybridized carbons (Fsp3) is 0.910. The third kappa shape index (κ3) is 22.7. The van der Waals surface area contributed by atoms with Gasteiger partial charge in [0.15, 0.2) is 18.8 Å². The van der Waals surface area contributed by atoms with Crippen molar-refractivity contribution in [2.45, 2.75) is 430 Å². The van der Waals surface area contributed by atoms with Crippen LogP contribution in [-0.4, -0.2) is 107 Å². The van der Waals surface area contributed by atoms with Crippen LogP contribution in [0, 0.1) is 79.8 Å². The van der Waals surface area contributed by atoms with Gasteiger partial charge in [-0.1, -0.05) is 93.9 Å². The standard InChI is InChI=1S/C20H32O2.C15H20O7.C15H28O2.C14H26O2.C13H24O2.C12H22O2/c1-5-19(3,4)18(21)22-20(6-2)11-14-10-15(20)17-13-8-7-12(9-13)16(14)17;1-4-15(2,3)14(18)19-6-9(16)21-11-8-5-7-10(20-8)12(11)22-13(7)17;1-6-14(2,3)13(16)17-15(4,5)12-10-8-7-9-11-12;1-5-13(3,4)12(15)16-14(6-2)10-8-7-9-11-14;1-5-12(2,3)11(14)15-13(4)9-7-6-8-10-13;1-4-12(2,3)11(13)14-10-8-6-5-7-9-10/h12-17H,5-11H2,1-4H3;7-8,10-12H,4-6H2,1-3H3;12H,6-11H2,1-5H3;5-11H2,1-4H3;5-10H2,1-4H3;10H,4-9H2,1-3H3. The lowest BCUT2D eigenvalue weighted by molar-refractivity contribution is -0.183. The molecule has 610 valence electrons. The Morgan fingerprint density at radius 3 is 1.41 bits per heavy atom. The monoisotopic (exact) mass is 1490 g/mol. The first-order chi connectivity index (χ1) is 49.5. The van der Waals surface area contributed by atoms with Gasteiger partial charge in [-0.25, -0.2) is 4.79 Å². The lowest BCUT2D eigenvalue weighted by Crippen LogP contribution is -2.49. The van der Waals surface area contributed by atoms with E-state index in [1.165, 1.54) is 116 Å². The van der Waals surface area contributed by atoms with Gasteiger partial charge in [0.2, 0.25) is 0 Å². The van der Waals surface area contributed by atoms with Crippen LogP contribution in [0.4, 0.5) is 0 Å². The summed E-state index contributed by atoms with van der Waals surface area (Å²) in [7, 11) is 0. The summed E-state index contributed by atoms with van der Waals surface area (Å²) in [6, 6.07) is 0. The molecule has 11 fully saturated rings. The van der Waals surface area contributed by atoms with Crippen molar-refractivity contribution in [3.63, 3.8) is 0 Å². The molecule has 6 bridgehead atoms. The summed E-state index contributed by atoms with van der Waals surface area (Å²) in [5.41, 5.74) is -3.07. The molecule has 3 saturated heterocycles. The molecule has 3 heterocycles. The van der Waals surface area contributed by atoms with E-state index in [2.05, 4.69) is 41.5 Å². The van der Waals surface area contributed by atoms with Crippen molar-refractivity contribution in [2.24, 2.45) is 79.8 Å². The Morgan fingerprint density at radius 2 is 0.896 bits per heavy atom. The molecule has 106 heavy (non-hydrogen) atoms. The third-order valence-electron chi connectivity index (χ3n) is 28.5. The first-order valence-electron chi connectivity index (χ1n) is 42.8. The van der Waals surface area contributed by atoms with Crippen molar-refractivity contribution in [2.75, 3.05) is 6.61 Å². The Hall–Kier alpha value is -4.28. The van der Waals surface area contributed by atoms with E-state index in [1.54, 1.807) is 13.8 Å². The first kappa shape index (κ1) is 90.6. The summed E-state index contributed by atoms with van der Waals surface area (Å²) < 4.78 is 50.3. The van der Waals surface area contributed by atoms with Crippen LogP contribution in [0.1, 0.15) is 378 Å². The highest BCUT2D eigenvalue weighted by atomic mass is 16.7. The predicted octanol–water partition coefficient (Wildman–Crippen LogP) is 20.8. The van der Waals surface area contributed by atoms with E-state index in [-0.39, 0.29) is 110 Å². The molecule has 17 heteroatoms. The molecule has 11 aliphatic rings. The highest BCUT2D eigenvalue weighted by Gasteiger charge is 2.68. The van der Waals surface area contributed by atoms with Crippen LogP contribution >= 0.6 is 0 Å². The van der Waals surface area contributed by atoms with Gasteiger partial charge in [-0.3, -0.25) is 33.6 Å². The van der Waals surface area contributed by atoms with Gasteiger partial charge in [0.05, 0.1) is 44.5 Å². The summed E-state index contributed by atoms with van der Waals surface area (Å²) in [6.45, 7) is 45.6. The highest BCUT2D eigenvalue weighted by Crippen LogP contribution is 2.71.